The highest BCUT2D eigenvalue weighted by Crippen LogP contribution is 2.31. The second-order valence-corrected chi connectivity index (χ2v) is 3.17. The third-order valence-corrected chi connectivity index (χ3v) is 2.10. The SMILES string of the molecule is FC(F)(F)c1c[nH]c(-c2ccccc2)c1. The fraction of sp³-hybridized carbons (Fsp3) is 0.0909. The largest absolute Gasteiger partial charge is 0.417 e. The Morgan fingerprint density at radius 3 is 2.20 bits per heavy atom. The van der Waals surface area contributed by atoms with Gasteiger partial charge in [0.2, 0.25) is 0 Å². The van der Waals surface area contributed by atoms with Crippen LogP contribution < -0.4 is 0 Å². The number of nitrogens with one attached hydrogen (secondary N) is 1. The van der Waals surface area contributed by atoms with Crippen LogP contribution in [0.25, 0.3) is 11.3 Å². The van der Waals surface area contributed by atoms with Crippen LogP contribution in [0.4, 0.5) is 13.2 Å². The van der Waals surface area contributed by atoms with Crippen molar-refractivity contribution in [2.45, 2.75) is 6.18 Å². The molecule has 1 aromatic carbocycles. The number of rotatable bonds is 1. The summed E-state index contributed by atoms with van der Waals surface area (Å²) in [6, 6.07) is 10.00. The highest BCUT2D eigenvalue weighted by molar-refractivity contribution is 5.60. The molecule has 1 nitrogen and oxygen atoms in total. The maximum Gasteiger partial charge on any atom is 0.417 e. The van der Waals surface area contributed by atoms with Crippen LogP contribution in [-0.4, -0.2) is 4.98 Å². The van der Waals surface area contributed by atoms with Gasteiger partial charge in [0, 0.05) is 11.9 Å². The maximum atomic E-state index is 12.3. The van der Waals surface area contributed by atoms with Gasteiger partial charge in [-0.25, -0.2) is 0 Å². The van der Waals surface area contributed by atoms with E-state index in [1.165, 1.54) is 0 Å². The van der Waals surface area contributed by atoms with E-state index in [2.05, 4.69) is 4.98 Å². The Morgan fingerprint density at radius 2 is 1.67 bits per heavy atom. The second kappa shape index (κ2) is 3.46. The summed E-state index contributed by atoms with van der Waals surface area (Å²) in [5.41, 5.74) is 0.567. The van der Waals surface area contributed by atoms with E-state index in [1.807, 2.05) is 6.07 Å². The maximum absolute atomic E-state index is 12.3. The molecule has 2 aromatic rings. The van der Waals surface area contributed by atoms with Crippen LogP contribution in [0.2, 0.25) is 0 Å². The van der Waals surface area contributed by atoms with E-state index in [1.54, 1.807) is 24.3 Å². The Morgan fingerprint density at radius 1 is 1.00 bits per heavy atom. The molecule has 0 fully saturated rings. The molecule has 0 bridgehead atoms. The molecule has 0 amide bonds. The van der Waals surface area contributed by atoms with Gasteiger partial charge in [-0.05, 0) is 11.6 Å². The van der Waals surface area contributed by atoms with Gasteiger partial charge in [0.25, 0.3) is 0 Å². The zero-order chi connectivity index (χ0) is 10.9. The fourth-order valence-corrected chi connectivity index (χ4v) is 1.34. The van der Waals surface area contributed by atoms with E-state index < -0.39 is 11.7 Å². The Labute approximate surface area is 84.6 Å². The van der Waals surface area contributed by atoms with Crippen molar-refractivity contribution in [2.24, 2.45) is 0 Å². The van der Waals surface area contributed by atoms with Crippen molar-refractivity contribution < 1.29 is 13.2 Å². The van der Waals surface area contributed by atoms with Crippen LogP contribution in [0.1, 0.15) is 5.56 Å². The second-order valence-electron chi connectivity index (χ2n) is 3.17. The molecule has 15 heavy (non-hydrogen) atoms. The van der Waals surface area contributed by atoms with Gasteiger partial charge in [-0.2, -0.15) is 13.2 Å². The normalized spacial score (nSPS) is 11.7. The molecule has 0 saturated heterocycles. The summed E-state index contributed by atoms with van der Waals surface area (Å²) in [6.07, 6.45) is -3.31. The molecule has 1 aromatic heterocycles. The predicted molar refractivity (Wildman–Crippen MR) is 51.2 cm³/mol. The minimum atomic E-state index is -4.29. The van der Waals surface area contributed by atoms with Crippen LogP contribution in [0.5, 0.6) is 0 Å². The first-order valence-electron chi connectivity index (χ1n) is 4.38. The van der Waals surface area contributed by atoms with Gasteiger partial charge in [-0.15, -0.1) is 0 Å². The highest BCUT2D eigenvalue weighted by atomic mass is 19.4. The number of aromatic amines is 1. The van der Waals surface area contributed by atoms with Gasteiger partial charge in [0.1, 0.15) is 0 Å². The van der Waals surface area contributed by atoms with Crippen LogP contribution in [-0.2, 0) is 6.18 Å². The van der Waals surface area contributed by atoms with Crippen molar-refractivity contribution in [1.29, 1.82) is 0 Å². The van der Waals surface area contributed by atoms with Crippen molar-refractivity contribution in [3.8, 4) is 11.3 Å². The van der Waals surface area contributed by atoms with Crippen LogP contribution in [0.3, 0.4) is 0 Å². The van der Waals surface area contributed by atoms with E-state index >= 15 is 0 Å². The Kier molecular flexibility index (Phi) is 2.26. The average molecular weight is 211 g/mol. The Balaban J connectivity index is 2.37. The van der Waals surface area contributed by atoms with E-state index in [-0.39, 0.29) is 0 Å². The standard InChI is InChI=1S/C11H8F3N/c12-11(13,14)9-6-10(15-7-9)8-4-2-1-3-5-8/h1-7,15H. The van der Waals surface area contributed by atoms with Crippen molar-refractivity contribution in [2.75, 3.05) is 0 Å². The highest BCUT2D eigenvalue weighted by Gasteiger charge is 2.31. The van der Waals surface area contributed by atoms with Gasteiger partial charge in [-0.1, -0.05) is 30.3 Å². The molecular weight excluding hydrogens is 203 g/mol. The summed E-state index contributed by atoms with van der Waals surface area (Å²) in [5.74, 6) is 0. The van der Waals surface area contributed by atoms with E-state index in [0.29, 0.717) is 5.69 Å². The predicted octanol–water partition coefficient (Wildman–Crippen LogP) is 3.70. The lowest BCUT2D eigenvalue weighted by molar-refractivity contribution is -0.137. The number of benzene rings is 1. The summed E-state index contributed by atoms with van der Waals surface area (Å²) in [7, 11) is 0. The van der Waals surface area contributed by atoms with Crippen LogP contribution in [0.15, 0.2) is 42.6 Å². The monoisotopic (exact) mass is 211 g/mol. The average Bonchev–Trinajstić information content (AvgIpc) is 2.67. The number of hydrogen-bond donors (Lipinski definition) is 1. The molecule has 0 aliphatic carbocycles. The quantitative estimate of drug-likeness (QED) is 0.740. The Bertz CT molecular complexity index is 442. The van der Waals surface area contributed by atoms with Crippen molar-refractivity contribution in [1.82, 2.24) is 4.98 Å². The molecule has 1 heterocycles. The zero-order valence-electron chi connectivity index (χ0n) is 7.68. The number of halogens is 3. The molecule has 0 aliphatic heterocycles. The summed E-state index contributed by atoms with van der Waals surface area (Å²) in [6.45, 7) is 0. The lowest BCUT2D eigenvalue weighted by Gasteiger charge is -2.00. The summed E-state index contributed by atoms with van der Waals surface area (Å²) < 4.78 is 36.9. The van der Waals surface area contributed by atoms with Crippen molar-refractivity contribution in [3.05, 3.63) is 48.2 Å². The Hall–Kier alpha value is -1.71. The minimum absolute atomic E-state index is 0.475. The van der Waals surface area contributed by atoms with Gasteiger partial charge in [0.15, 0.2) is 0 Å². The van der Waals surface area contributed by atoms with E-state index in [4.69, 9.17) is 0 Å². The number of alkyl halides is 3. The molecule has 0 radical (unpaired) electrons. The van der Waals surface area contributed by atoms with Crippen molar-refractivity contribution >= 4 is 0 Å². The number of H-pyrrole nitrogens is 1. The molecule has 2 rings (SSSR count). The first-order valence-corrected chi connectivity index (χ1v) is 4.38. The molecule has 0 saturated carbocycles. The molecular formula is C11H8F3N. The third kappa shape index (κ3) is 2.03. The first kappa shape index (κ1) is 9.83. The first-order chi connectivity index (χ1) is 7.07. The van der Waals surface area contributed by atoms with Gasteiger partial charge >= 0.3 is 6.18 Å². The minimum Gasteiger partial charge on any atom is -0.361 e. The van der Waals surface area contributed by atoms with E-state index in [9.17, 15) is 13.2 Å². The molecule has 1 N–H and O–H groups in total. The van der Waals surface area contributed by atoms with Crippen molar-refractivity contribution in [3.63, 3.8) is 0 Å². The summed E-state index contributed by atoms with van der Waals surface area (Å²) in [4.78, 5) is 2.61. The molecule has 4 heteroatoms. The smallest absolute Gasteiger partial charge is 0.361 e. The number of aromatic nitrogens is 1. The molecule has 0 spiro atoms. The molecule has 0 unspecified atom stereocenters. The third-order valence-electron chi connectivity index (χ3n) is 2.10. The lowest BCUT2D eigenvalue weighted by Crippen LogP contribution is -2.02. The molecule has 78 valence electrons. The zero-order valence-corrected chi connectivity index (χ0v) is 7.68. The topological polar surface area (TPSA) is 15.8 Å². The van der Waals surface area contributed by atoms with Gasteiger partial charge in [-0.3, -0.25) is 0 Å². The van der Waals surface area contributed by atoms with Crippen LogP contribution >= 0.6 is 0 Å². The fourth-order valence-electron chi connectivity index (χ4n) is 1.34. The molecule has 0 aliphatic rings. The summed E-state index contributed by atoms with van der Waals surface area (Å²) >= 11 is 0. The molecule has 0 atom stereocenters. The van der Waals surface area contributed by atoms with Gasteiger partial charge < -0.3 is 4.98 Å². The summed E-state index contributed by atoms with van der Waals surface area (Å²) in [5, 5.41) is 0. The van der Waals surface area contributed by atoms with Gasteiger partial charge in [0.05, 0.1) is 5.56 Å². The van der Waals surface area contributed by atoms with Crippen LogP contribution in [0, 0.1) is 0 Å². The lowest BCUT2D eigenvalue weighted by atomic mass is 10.1. The number of hydrogen-bond acceptors (Lipinski definition) is 0. The van der Waals surface area contributed by atoms with E-state index in [0.717, 1.165) is 17.8 Å².